The zero-order valence-corrected chi connectivity index (χ0v) is 33.3. The van der Waals surface area contributed by atoms with E-state index in [9.17, 15) is 0 Å². The van der Waals surface area contributed by atoms with Crippen LogP contribution in [0.3, 0.4) is 0 Å². The predicted octanol–water partition coefficient (Wildman–Crippen LogP) is 16.1. The van der Waals surface area contributed by atoms with Crippen molar-refractivity contribution in [1.29, 1.82) is 0 Å². The molecule has 0 saturated carbocycles. The fraction of sp³-hybridized carbons (Fsp3) is 0. The van der Waals surface area contributed by atoms with Gasteiger partial charge in [0.1, 0.15) is 22.3 Å². The van der Waals surface area contributed by atoms with Crippen molar-refractivity contribution in [2.24, 2.45) is 0 Å². The average Bonchev–Trinajstić information content (AvgIpc) is 3.91. The molecular weight excluding hydrogens is 757 g/mol. The molecule has 0 N–H and O–H groups in total. The molecule has 0 radical (unpaired) electrons. The van der Waals surface area contributed by atoms with Crippen molar-refractivity contribution in [2.75, 3.05) is 0 Å². The van der Waals surface area contributed by atoms with Crippen LogP contribution >= 0.6 is 0 Å². The number of aromatic nitrogens is 2. The smallest absolute Gasteiger partial charge is 0.144 e. The first kappa shape index (κ1) is 34.5. The fourth-order valence-corrected chi connectivity index (χ4v) is 9.52. The van der Waals surface area contributed by atoms with Gasteiger partial charge in [0.25, 0.3) is 0 Å². The molecule has 0 atom stereocenters. The molecule has 4 nitrogen and oxygen atoms in total. The van der Waals surface area contributed by atoms with E-state index in [2.05, 4.69) is 176 Å². The highest BCUT2D eigenvalue weighted by Crippen LogP contribution is 2.45. The molecule has 0 saturated heterocycles. The quantitative estimate of drug-likeness (QED) is 0.163. The van der Waals surface area contributed by atoms with E-state index < -0.39 is 0 Å². The summed E-state index contributed by atoms with van der Waals surface area (Å²) < 4.78 is 13.0. The van der Waals surface area contributed by atoms with Gasteiger partial charge in [0, 0.05) is 43.4 Å². The highest BCUT2D eigenvalue weighted by molar-refractivity contribution is 6.24. The van der Waals surface area contributed by atoms with Crippen LogP contribution in [0.25, 0.3) is 132 Å². The fourth-order valence-electron chi connectivity index (χ4n) is 9.52. The molecule has 288 valence electrons. The average molecular weight is 791 g/mol. The van der Waals surface area contributed by atoms with E-state index >= 15 is 0 Å². The van der Waals surface area contributed by atoms with Gasteiger partial charge < -0.3 is 8.83 Å². The van der Waals surface area contributed by atoms with Crippen molar-refractivity contribution in [3.8, 4) is 55.8 Å². The van der Waals surface area contributed by atoms with Crippen LogP contribution in [0.1, 0.15) is 0 Å². The second-order valence-corrected chi connectivity index (χ2v) is 16.1. The van der Waals surface area contributed by atoms with Crippen LogP contribution < -0.4 is 0 Å². The Kier molecular flexibility index (Phi) is 7.57. The molecule has 3 aromatic heterocycles. The Morgan fingerprint density at radius 2 is 0.790 bits per heavy atom. The molecule has 0 fully saturated rings. The summed E-state index contributed by atoms with van der Waals surface area (Å²) >= 11 is 0. The summed E-state index contributed by atoms with van der Waals surface area (Å²) in [5.41, 5.74) is 16.3. The van der Waals surface area contributed by atoms with Crippen LogP contribution in [-0.2, 0) is 0 Å². The Labute approximate surface area is 356 Å². The first-order chi connectivity index (χ1) is 30.7. The van der Waals surface area contributed by atoms with E-state index in [4.69, 9.17) is 18.8 Å². The molecule has 0 bridgehead atoms. The molecule has 0 amide bonds. The lowest BCUT2D eigenvalue weighted by molar-refractivity contribution is 0.664. The van der Waals surface area contributed by atoms with Gasteiger partial charge in [-0.1, -0.05) is 170 Å². The van der Waals surface area contributed by atoms with Crippen LogP contribution in [0.5, 0.6) is 0 Å². The van der Waals surface area contributed by atoms with Gasteiger partial charge in [-0.15, -0.1) is 0 Å². The Bertz CT molecular complexity index is 3870. The largest absolute Gasteiger partial charge is 0.456 e. The van der Waals surface area contributed by atoms with E-state index in [1.54, 1.807) is 0 Å². The summed E-state index contributed by atoms with van der Waals surface area (Å²) in [6.45, 7) is 0. The standard InChI is InChI=1S/C58H34N2O2/c1-3-18-46-43(15-1)44-16-2-4-19-47(44)57-56(46)59-34-50(60-57)42-14-10-13-41(32-42)40-12-9-11-39(31-40)37-25-23-35(24-26-37)36-27-29-38(30-28-36)54-55-48-20-6-8-22-52(48)61-53(55)33-49-45-17-5-7-21-51(45)62-58(49)54/h1-34H. The molecular formula is C58H34N2O2. The van der Waals surface area contributed by atoms with Gasteiger partial charge in [0.2, 0.25) is 0 Å². The highest BCUT2D eigenvalue weighted by Gasteiger charge is 2.21. The van der Waals surface area contributed by atoms with E-state index in [-0.39, 0.29) is 0 Å². The van der Waals surface area contributed by atoms with Gasteiger partial charge in [0.05, 0.1) is 22.9 Å². The minimum absolute atomic E-state index is 0.856. The number of hydrogen-bond donors (Lipinski definition) is 0. The molecule has 0 unspecified atom stereocenters. The molecule has 62 heavy (non-hydrogen) atoms. The van der Waals surface area contributed by atoms with Crippen LogP contribution in [0.4, 0.5) is 0 Å². The maximum absolute atomic E-state index is 6.59. The molecule has 0 aliphatic rings. The number of benzene rings is 10. The Balaban J connectivity index is 0.819. The number of fused-ring (bicyclic) bond motifs is 12. The molecule has 4 heteroatoms. The third-order valence-electron chi connectivity index (χ3n) is 12.5. The zero-order chi connectivity index (χ0) is 40.7. The van der Waals surface area contributed by atoms with E-state index in [1.807, 2.05) is 30.5 Å². The molecule has 3 heterocycles. The number of rotatable bonds is 5. The second-order valence-electron chi connectivity index (χ2n) is 16.1. The van der Waals surface area contributed by atoms with Crippen molar-refractivity contribution in [2.45, 2.75) is 0 Å². The predicted molar refractivity (Wildman–Crippen MR) is 256 cm³/mol. The van der Waals surface area contributed by atoms with Crippen molar-refractivity contribution >= 4 is 76.5 Å². The van der Waals surface area contributed by atoms with Gasteiger partial charge in [-0.25, -0.2) is 4.98 Å². The third-order valence-corrected chi connectivity index (χ3v) is 12.5. The molecule has 13 rings (SSSR count). The maximum atomic E-state index is 6.59. The first-order valence-electron chi connectivity index (χ1n) is 21.0. The first-order valence-corrected chi connectivity index (χ1v) is 21.0. The Morgan fingerprint density at radius 1 is 0.306 bits per heavy atom. The third kappa shape index (κ3) is 5.40. The van der Waals surface area contributed by atoms with Gasteiger partial charge in [-0.05, 0) is 80.0 Å². The molecule has 0 aliphatic heterocycles. The SMILES string of the molecule is c1cc(-c2ccc(-c3ccc(-c4c5oc6ccccc6c5cc5oc6ccccc6c45)cc3)cc2)cc(-c2cccc(-c3cnc4c5ccccc5c5ccccc5c4n3)c2)c1. The zero-order valence-electron chi connectivity index (χ0n) is 33.3. The molecule has 13 aromatic rings. The number of nitrogens with zero attached hydrogens (tertiary/aromatic N) is 2. The van der Waals surface area contributed by atoms with Gasteiger partial charge in [-0.3, -0.25) is 4.98 Å². The van der Waals surface area contributed by atoms with Crippen molar-refractivity contribution in [1.82, 2.24) is 9.97 Å². The summed E-state index contributed by atoms with van der Waals surface area (Å²) in [7, 11) is 0. The minimum Gasteiger partial charge on any atom is -0.456 e. The molecule has 10 aromatic carbocycles. The molecule has 0 aliphatic carbocycles. The monoisotopic (exact) mass is 790 g/mol. The summed E-state index contributed by atoms with van der Waals surface area (Å²) in [6.07, 6.45) is 1.91. The number of hydrogen-bond acceptors (Lipinski definition) is 4. The van der Waals surface area contributed by atoms with Gasteiger partial charge >= 0.3 is 0 Å². The normalized spacial score (nSPS) is 11.9. The van der Waals surface area contributed by atoms with Crippen LogP contribution in [-0.4, -0.2) is 9.97 Å². The number of para-hydroxylation sites is 2. The van der Waals surface area contributed by atoms with E-state index in [0.717, 1.165) is 121 Å². The summed E-state index contributed by atoms with van der Waals surface area (Å²) in [6, 6.07) is 70.6. The van der Waals surface area contributed by atoms with Crippen LogP contribution in [0, 0.1) is 0 Å². The van der Waals surface area contributed by atoms with Crippen molar-refractivity contribution in [3.05, 3.63) is 206 Å². The van der Waals surface area contributed by atoms with Gasteiger partial charge in [0.15, 0.2) is 0 Å². The highest BCUT2D eigenvalue weighted by atomic mass is 16.3. The Hall–Kier alpha value is -8.34. The minimum atomic E-state index is 0.856. The van der Waals surface area contributed by atoms with E-state index in [1.165, 1.54) is 10.8 Å². The van der Waals surface area contributed by atoms with Gasteiger partial charge in [-0.2, -0.15) is 0 Å². The lowest BCUT2D eigenvalue weighted by Gasteiger charge is -2.11. The van der Waals surface area contributed by atoms with Crippen LogP contribution in [0.15, 0.2) is 215 Å². The summed E-state index contributed by atoms with van der Waals surface area (Å²) in [5, 5.41) is 8.92. The van der Waals surface area contributed by atoms with E-state index in [0.29, 0.717) is 0 Å². The summed E-state index contributed by atoms with van der Waals surface area (Å²) in [5.74, 6) is 0. The van der Waals surface area contributed by atoms with Crippen LogP contribution in [0.2, 0.25) is 0 Å². The van der Waals surface area contributed by atoms with Crippen molar-refractivity contribution in [3.63, 3.8) is 0 Å². The lowest BCUT2D eigenvalue weighted by Crippen LogP contribution is -1.92. The number of furan rings is 2. The molecule has 0 spiro atoms. The lowest BCUT2D eigenvalue weighted by atomic mass is 9.94. The maximum Gasteiger partial charge on any atom is 0.144 e. The summed E-state index contributed by atoms with van der Waals surface area (Å²) in [4.78, 5) is 10.3. The second kappa shape index (κ2) is 13.6. The van der Waals surface area contributed by atoms with Crippen molar-refractivity contribution < 1.29 is 8.83 Å². The topological polar surface area (TPSA) is 52.1 Å². The Morgan fingerprint density at radius 3 is 1.45 bits per heavy atom.